The lowest BCUT2D eigenvalue weighted by molar-refractivity contribution is -0.153. The third-order valence-corrected chi connectivity index (χ3v) is 8.97. The Morgan fingerprint density at radius 3 is 1.96 bits per heavy atom. The fourth-order valence-electron chi connectivity index (χ4n) is 5.01. The minimum Gasteiger partial charge on any atom is -0.498 e. The largest absolute Gasteiger partial charge is 0.498 e. The van der Waals surface area contributed by atoms with Gasteiger partial charge in [-0.05, 0) is 57.4 Å². The van der Waals surface area contributed by atoms with Gasteiger partial charge in [0.15, 0.2) is 6.10 Å². The Bertz CT molecular complexity index is 1100. The Balaban J connectivity index is 4.34. The highest BCUT2D eigenvalue weighted by atomic mass is 31.2. The van der Waals surface area contributed by atoms with Crippen LogP contribution in [0.5, 0.6) is 0 Å². The van der Waals surface area contributed by atoms with Gasteiger partial charge in [0.05, 0.1) is 25.6 Å². The van der Waals surface area contributed by atoms with Crippen LogP contribution in [0.3, 0.4) is 0 Å². The van der Waals surface area contributed by atoms with Crippen molar-refractivity contribution in [2.45, 2.75) is 154 Å². The predicted molar refractivity (Wildman–Crippen MR) is 220 cm³/mol. The summed E-state index contributed by atoms with van der Waals surface area (Å²) < 4.78 is 33.0. The molecule has 9 nitrogen and oxygen atoms in total. The standard InChI is InChI=1S/C43H74NO8P/c1-3-5-7-9-11-12-13-14-15-18-21-24-28-32-37-49-39-42(40-51-53(47,48)50-38-36-44)52-43(46)35-31-27-23-20-17-16-19-22-26-30-34-41(45)33-29-25-10-8-6-4-2/h6,8,16-17,22-23,25-27,29-30,32,34,37,41-42,45H,3-5,7,9-15,18-21,24,28,31,33,35-36,38-40,44H2,1-2H3,(H,47,48)/b8-6-,17-16-,26-22-,27-23-,29-25-,34-30+,37-32+/t41?,42-/m1/s1. The number of esters is 1. The van der Waals surface area contributed by atoms with E-state index in [4.69, 9.17) is 24.3 Å². The number of hydrogen-bond donors (Lipinski definition) is 3. The van der Waals surface area contributed by atoms with E-state index in [1.807, 2.05) is 48.6 Å². The Morgan fingerprint density at radius 2 is 1.30 bits per heavy atom. The summed E-state index contributed by atoms with van der Waals surface area (Å²) in [7, 11) is -4.33. The summed E-state index contributed by atoms with van der Waals surface area (Å²) >= 11 is 0. The molecule has 0 spiro atoms. The Hall–Kier alpha value is -2.52. The van der Waals surface area contributed by atoms with E-state index >= 15 is 0 Å². The molecule has 0 radical (unpaired) electrons. The first-order chi connectivity index (χ1) is 25.8. The van der Waals surface area contributed by atoms with Gasteiger partial charge in [-0.1, -0.05) is 157 Å². The van der Waals surface area contributed by atoms with Crippen LogP contribution in [0.25, 0.3) is 0 Å². The first kappa shape index (κ1) is 50.5. The van der Waals surface area contributed by atoms with Crippen LogP contribution in [0.2, 0.25) is 0 Å². The third-order valence-electron chi connectivity index (χ3n) is 7.98. The van der Waals surface area contributed by atoms with Crippen molar-refractivity contribution in [3.63, 3.8) is 0 Å². The molecule has 304 valence electrons. The number of rotatable bonds is 37. The number of hydrogen-bond acceptors (Lipinski definition) is 8. The predicted octanol–water partition coefficient (Wildman–Crippen LogP) is 11.1. The molecular weight excluding hydrogens is 689 g/mol. The zero-order chi connectivity index (χ0) is 38.9. The summed E-state index contributed by atoms with van der Waals surface area (Å²) in [5, 5.41) is 9.99. The number of carbonyl (C=O) groups excluding carboxylic acids is 1. The van der Waals surface area contributed by atoms with Crippen LogP contribution in [0.4, 0.5) is 0 Å². The second-order valence-corrected chi connectivity index (χ2v) is 14.5. The summed E-state index contributed by atoms with van der Waals surface area (Å²) in [5.74, 6) is -0.457. The monoisotopic (exact) mass is 764 g/mol. The molecule has 0 heterocycles. The molecule has 0 aromatic heterocycles. The topological polar surface area (TPSA) is 138 Å². The van der Waals surface area contributed by atoms with E-state index in [2.05, 4.69) is 38.2 Å². The van der Waals surface area contributed by atoms with E-state index in [1.165, 1.54) is 70.6 Å². The molecule has 0 amide bonds. The molecule has 2 unspecified atom stereocenters. The average Bonchev–Trinajstić information content (AvgIpc) is 3.14. The molecule has 0 aromatic carbocycles. The van der Waals surface area contributed by atoms with Gasteiger partial charge < -0.3 is 25.2 Å². The fourth-order valence-corrected chi connectivity index (χ4v) is 5.78. The lowest BCUT2D eigenvalue weighted by Gasteiger charge is -2.19. The molecule has 0 saturated heterocycles. The van der Waals surface area contributed by atoms with Crippen molar-refractivity contribution < 1.29 is 37.9 Å². The van der Waals surface area contributed by atoms with Crippen molar-refractivity contribution >= 4 is 13.8 Å². The average molecular weight is 764 g/mol. The normalized spacial score (nSPS) is 15.0. The summed E-state index contributed by atoms with van der Waals surface area (Å²) in [4.78, 5) is 22.4. The molecule has 0 rings (SSSR count). The molecule has 0 aliphatic carbocycles. The number of phosphoric ester groups is 1. The fraction of sp³-hybridized carbons (Fsp3) is 0.651. The molecule has 0 aliphatic heterocycles. The maximum atomic E-state index is 12.5. The lowest BCUT2D eigenvalue weighted by Crippen LogP contribution is -2.27. The molecule has 0 fully saturated rings. The Kier molecular flexibility index (Phi) is 37.3. The van der Waals surface area contributed by atoms with Crippen molar-refractivity contribution in [2.24, 2.45) is 5.73 Å². The van der Waals surface area contributed by atoms with Gasteiger partial charge >= 0.3 is 13.8 Å². The highest BCUT2D eigenvalue weighted by Crippen LogP contribution is 2.43. The van der Waals surface area contributed by atoms with Gasteiger partial charge in [0.25, 0.3) is 0 Å². The van der Waals surface area contributed by atoms with Crippen LogP contribution in [-0.2, 0) is 27.9 Å². The van der Waals surface area contributed by atoms with Crippen LogP contribution in [-0.4, -0.2) is 54.5 Å². The quantitative estimate of drug-likeness (QED) is 0.0141. The number of carbonyl (C=O) groups is 1. The maximum absolute atomic E-state index is 12.5. The zero-order valence-corrected chi connectivity index (χ0v) is 34.0. The Labute approximate surface area is 322 Å². The van der Waals surface area contributed by atoms with E-state index in [0.29, 0.717) is 12.8 Å². The molecule has 4 N–H and O–H groups in total. The van der Waals surface area contributed by atoms with Gasteiger partial charge in [0.2, 0.25) is 0 Å². The SMILES string of the molecule is CC/C=C\C/C=C\CC(O)/C=C/C=C\C/C=C\C/C=C\CCC(=O)O[C@H](CO/C=C/CCCCCCCCCCCCCC)COP(=O)(O)OCCN. The maximum Gasteiger partial charge on any atom is 0.472 e. The van der Waals surface area contributed by atoms with E-state index < -0.39 is 26.0 Å². The van der Waals surface area contributed by atoms with E-state index in [0.717, 1.165) is 38.5 Å². The molecular formula is C43H74NO8P. The molecule has 0 bridgehead atoms. The number of unbranched alkanes of at least 4 members (excludes halogenated alkanes) is 12. The summed E-state index contributed by atoms with van der Waals surface area (Å²) in [6, 6.07) is 0. The number of ether oxygens (including phenoxy) is 2. The molecule has 0 aromatic rings. The van der Waals surface area contributed by atoms with Crippen LogP contribution < -0.4 is 5.73 Å². The molecule has 0 saturated carbocycles. The zero-order valence-electron chi connectivity index (χ0n) is 33.1. The minimum absolute atomic E-state index is 0.0163. The van der Waals surface area contributed by atoms with Gasteiger partial charge in [0.1, 0.15) is 6.61 Å². The lowest BCUT2D eigenvalue weighted by atomic mass is 10.0. The molecule has 0 aliphatic rings. The van der Waals surface area contributed by atoms with Crippen molar-refractivity contribution in [2.75, 3.05) is 26.4 Å². The van der Waals surface area contributed by atoms with Crippen LogP contribution >= 0.6 is 7.82 Å². The highest BCUT2D eigenvalue weighted by molar-refractivity contribution is 7.47. The second-order valence-electron chi connectivity index (χ2n) is 13.0. The van der Waals surface area contributed by atoms with Gasteiger partial charge in [-0.3, -0.25) is 13.8 Å². The van der Waals surface area contributed by atoms with Crippen molar-refractivity contribution in [3.8, 4) is 0 Å². The van der Waals surface area contributed by atoms with Crippen molar-refractivity contribution in [1.29, 1.82) is 0 Å². The van der Waals surface area contributed by atoms with E-state index in [9.17, 15) is 19.4 Å². The minimum atomic E-state index is -4.33. The number of phosphoric acid groups is 1. The summed E-state index contributed by atoms with van der Waals surface area (Å²) in [5.41, 5.74) is 5.34. The van der Waals surface area contributed by atoms with E-state index in [-0.39, 0.29) is 32.8 Å². The van der Waals surface area contributed by atoms with Gasteiger partial charge in [-0.25, -0.2) is 4.57 Å². The summed E-state index contributed by atoms with van der Waals surface area (Å²) in [6.45, 7) is 3.93. The van der Waals surface area contributed by atoms with Crippen molar-refractivity contribution in [1.82, 2.24) is 0 Å². The molecule has 53 heavy (non-hydrogen) atoms. The smallest absolute Gasteiger partial charge is 0.472 e. The van der Waals surface area contributed by atoms with Gasteiger partial charge in [0, 0.05) is 13.0 Å². The number of aliphatic hydroxyl groups is 1. The number of allylic oxidation sites excluding steroid dienone is 11. The van der Waals surface area contributed by atoms with E-state index in [1.54, 1.807) is 12.3 Å². The number of nitrogens with two attached hydrogens (primary N) is 1. The van der Waals surface area contributed by atoms with Gasteiger partial charge in [-0.2, -0.15) is 0 Å². The first-order valence-electron chi connectivity index (χ1n) is 20.2. The Morgan fingerprint density at radius 1 is 0.698 bits per heavy atom. The molecule has 3 atom stereocenters. The number of aliphatic hydroxyl groups excluding tert-OH is 1. The van der Waals surface area contributed by atoms with Crippen LogP contribution in [0.1, 0.15) is 142 Å². The summed E-state index contributed by atoms with van der Waals surface area (Å²) in [6.07, 6.45) is 47.3. The molecule has 10 heteroatoms. The van der Waals surface area contributed by atoms with Crippen LogP contribution in [0, 0.1) is 0 Å². The highest BCUT2D eigenvalue weighted by Gasteiger charge is 2.25. The first-order valence-corrected chi connectivity index (χ1v) is 21.7. The second kappa shape index (κ2) is 39.2. The van der Waals surface area contributed by atoms with Gasteiger partial charge in [-0.15, -0.1) is 0 Å². The van der Waals surface area contributed by atoms with Crippen molar-refractivity contribution in [3.05, 3.63) is 85.3 Å². The van der Waals surface area contributed by atoms with Crippen LogP contribution in [0.15, 0.2) is 85.3 Å². The third kappa shape index (κ3) is 39.0.